The Balaban J connectivity index is 2.12. The minimum absolute atomic E-state index is 0.603. The molecular weight excluding hydrogens is 228 g/mol. The number of hydrazine groups is 1. The van der Waals surface area contributed by atoms with E-state index in [-0.39, 0.29) is 0 Å². The average Bonchev–Trinajstić information content (AvgIpc) is 2.47. The van der Waals surface area contributed by atoms with E-state index in [0.717, 1.165) is 42.6 Å². The Hall–Kier alpha value is -2.08. The lowest BCUT2D eigenvalue weighted by molar-refractivity contribution is 0.664. The first-order valence-electron chi connectivity index (χ1n) is 6.01. The van der Waals surface area contributed by atoms with E-state index >= 15 is 0 Å². The van der Waals surface area contributed by atoms with E-state index in [1.54, 1.807) is 12.3 Å². The number of nitrogens with one attached hydrogen (secondary N) is 1. The van der Waals surface area contributed by atoms with Crippen molar-refractivity contribution in [3.8, 4) is 11.5 Å². The topological polar surface area (TPSA) is 89.6 Å². The standard InChI is InChI=1S/C12H14N6/c13-18-11-8-3-1-2-4-9(8)16-12(17-11)10-5-6-14-7-15-10/h5-7H,1-4,13H2,(H,16,17,18). The molecule has 6 nitrogen and oxygen atoms in total. The van der Waals surface area contributed by atoms with Gasteiger partial charge in [-0.05, 0) is 31.7 Å². The van der Waals surface area contributed by atoms with Gasteiger partial charge in [-0.3, -0.25) is 0 Å². The van der Waals surface area contributed by atoms with Crippen molar-refractivity contribution in [2.75, 3.05) is 5.43 Å². The monoisotopic (exact) mass is 242 g/mol. The van der Waals surface area contributed by atoms with Crippen LogP contribution in [0.15, 0.2) is 18.6 Å². The Morgan fingerprint density at radius 2 is 2.06 bits per heavy atom. The summed E-state index contributed by atoms with van der Waals surface area (Å²) in [7, 11) is 0. The summed E-state index contributed by atoms with van der Waals surface area (Å²) in [6.07, 6.45) is 7.47. The number of hydrogen-bond acceptors (Lipinski definition) is 6. The Kier molecular flexibility index (Phi) is 2.85. The van der Waals surface area contributed by atoms with Crippen LogP contribution in [-0.4, -0.2) is 19.9 Å². The number of rotatable bonds is 2. The molecule has 0 aliphatic heterocycles. The fourth-order valence-electron chi connectivity index (χ4n) is 2.25. The second kappa shape index (κ2) is 4.66. The number of hydrogen-bond donors (Lipinski definition) is 2. The minimum Gasteiger partial charge on any atom is -0.308 e. The largest absolute Gasteiger partial charge is 0.308 e. The third kappa shape index (κ3) is 1.91. The summed E-state index contributed by atoms with van der Waals surface area (Å²) >= 11 is 0. The first-order valence-corrected chi connectivity index (χ1v) is 6.01. The lowest BCUT2D eigenvalue weighted by Gasteiger charge is -2.18. The van der Waals surface area contributed by atoms with Gasteiger partial charge in [-0.25, -0.2) is 25.8 Å². The highest BCUT2D eigenvalue weighted by Gasteiger charge is 2.18. The number of nitrogen functional groups attached to an aromatic ring is 1. The minimum atomic E-state index is 0.603. The summed E-state index contributed by atoms with van der Waals surface area (Å²) < 4.78 is 0. The highest BCUT2D eigenvalue weighted by molar-refractivity contribution is 5.56. The van der Waals surface area contributed by atoms with Gasteiger partial charge in [-0.15, -0.1) is 0 Å². The van der Waals surface area contributed by atoms with Gasteiger partial charge in [0.25, 0.3) is 0 Å². The molecular formula is C12H14N6. The molecule has 0 spiro atoms. The molecule has 0 saturated heterocycles. The molecule has 1 aliphatic rings. The summed E-state index contributed by atoms with van der Waals surface area (Å²) in [5.41, 5.74) is 5.61. The quantitative estimate of drug-likeness (QED) is 0.605. The van der Waals surface area contributed by atoms with Crippen molar-refractivity contribution in [3.63, 3.8) is 0 Å². The maximum absolute atomic E-state index is 5.55. The molecule has 3 rings (SSSR count). The summed E-state index contributed by atoms with van der Waals surface area (Å²) in [4.78, 5) is 17.1. The van der Waals surface area contributed by atoms with E-state index in [1.165, 1.54) is 6.33 Å². The van der Waals surface area contributed by atoms with Gasteiger partial charge in [0.05, 0.1) is 0 Å². The van der Waals surface area contributed by atoms with Crippen molar-refractivity contribution in [2.24, 2.45) is 5.84 Å². The maximum Gasteiger partial charge on any atom is 0.180 e. The molecule has 0 saturated carbocycles. The zero-order chi connectivity index (χ0) is 12.4. The van der Waals surface area contributed by atoms with Crippen LogP contribution in [0.25, 0.3) is 11.5 Å². The Morgan fingerprint density at radius 1 is 1.17 bits per heavy atom. The van der Waals surface area contributed by atoms with E-state index < -0.39 is 0 Å². The molecule has 2 aromatic heterocycles. The Morgan fingerprint density at radius 3 is 2.83 bits per heavy atom. The fourth-order valence-corrected chi connectivity index (χ4v) is 2.25. The summed E-state index contributed by atoms with van der Waals surface area (Å²) in [6, 6.07) is 1.80. The predicted molar refractivity (Wildman–Crippen MR) is 67.5 cm³/mol. The van der Waals surface area contributed by atoms with Gasteiger partial charge in [0.2, 0.25) is 0 Å². The van der Waals surface area contributed by atoms with Crippen molar-refractivity contribution in [2.45, 2.75) is 25.7 Å². The van der Waals surface area contributed by atoms with Gasteiger partial charge in [0.1, 0.15) is 17.8 Å². The second-order valence-electron chi connectivity index (χ2n) is 4.27. The Labute approximate surface area is 105 Å². The molecule has 1 aliphatic carbocycles. The van der Waals surface area contributed by atoms with Gasteiger partial charge >= 0.3 is 0 Å². The summed E-state index contributed by atoms with van der Waals surface area (Å²) in [5.74, 6) is 6.87. The van der Waals surface area contributed by atoms with E-state index in [0.29, 0.717) is 11.6 Å². The van der Waals surface area contributed by atoms with Crippen molar-refractivity contribution < 1.29 is 0 Å². The first-order chi connectivity index (χ1) is 8.88. The van der Waals surface area contributed by atoms with Gasteiger partial charge in [-0.1, -0.05) is 0 Å². The van der Waals surface area contributed by atoms with Crippen LogP contribution in [0.5, 0.6) is 0 Å². The molecule has 0 atom stereocenters. The number of fused-ring (bicyclic) bond motifs is 1. The molecule has 18 heavy (non-hydrogen) atoms. The van der Waals surface area contributed by atoms with Crippen molar-refractivity contribution >= 4 is 5.82 Å². The smallest absolute Gasteiger partial charge is 0.180 e. The SMILES string of the molecule is NNc1nc(-c2ccncn2)nc2c1CCCC2. The molecule has 0 fully saturated rings. The maximum atomic E-state index is 5.55. The molecule has 3 N–H and O–H groups in total. The van der Waals surface area contributed by atoms with Crippen molar-refractivity contribution in [1.82, 2.24) is 19.9 Å². The number of anilines is 1. The second-order valence-corrected chi connectivity index (χ2v) is 4.27. The Bertz CT molecular complexity index is 537. The number of aryl methyl sites for hydroxylation is 1. The van der Waals surface area contributed by atoms with E-state index in [1.807, 2.05) is 0 Å². The zero-order valence-corrected chi connectivity index (χ0v) is 9.93. The van der Waals surface area contributed by atoms with Crippen LogP contribution in [0.3, 0.4) is 0 Å². The van der Waals surface area contributed by atoms with Crippen LogP contribution in [0.4, 0.5) is 5.82 Å². The van der Waals surface area contributed by atoms with Gasteiger partial charge in [-0.2, -0.15) is 0 Å². The number of nitrogens with zero attached hydrogens (tertiary/aromatic N) is 4. The predicted octanol–water partition coefficient (Wildman–Crippen LogP) is 1.10. The molecule has 6 heteroatoms. The lowest BCUT2D eigenvalue weighted by atomic mass is 9.96. The van der Waals surface area contributed by atoms with Crippen LogP contribution < -0.4 is 11.3 Å². The van der Waals surface area contributed by atoms with Crippen LogP contribution >= 0.6 is 0 Å². The van der Waals surface area contributed by atoms with Gasteiger partial charge < -0.3 is 5.43 Å². The van der Waals surface area contributed by atoms with Crippen molar-refractivity contribution in [3.05, 3.63) is 29.8 Å². The van der Waals surface area contributed by atoms with E-state index in [4.69, 9.17) is 5.84 Å². The van der Waals surface area contributed by atoms with Crippen molar-refractivity contribution in [1.29, 1.82) is 0 Å². The summed E-state index contributed by atoms with van der Waals surface area (Å²) in [5, 5.41) is 0. The average molecular weight is 242 g/mol. The molecule has 0 aromatic carbocycles. The lowest BCUT2D eigenvalue weighted by Crippen LogP contribution is -2.17. The molecule has 2 aromatic rings. The zero-order valence-electron chi connectivity index (χ0n) is 9.93. The first kappa shape index (κ1) is 11.0. The third-order valence-corrected chi connectivity index (χ3v) is 3.13. The molecule has 92 valence electrons. The molecule has 2 heterocycles. The van der Waals surface area contributed by atoms with E-state index in [2.05, 4.69) is 25.4 Å². The van der Waals surface area contributed by atoms with Crippen LogP contribution in [-0.2, 0) is 12.8 Å². The van der Waals surface area contributed by atoms with Crippen LogP contribution in [0.2, 0.25) is 0 Å². The van der Waals surface area contributed by atoms with E-state index in [9.17, 15) is 0 Å². The molecule has 0 radical (unpaired) electrons. The normalized spacial score (nSPS) is 14.1. The fraction of sp³-hybridized carbons (Fsp3) is 0.333. The molecule has 0 unspecified atom stereocenters. The number of nitrogens with two attached hydrogens (primary N) is 1. The molecule has 0 bridgehead atoms. The number of aromatic nitrogens is 4. The van der Waals surface area contributed by atoms with Gasteiger partial charge in [0.15, 0.2) is 5.82 Å². The third-order valence-electron chi connectivity index (χ3n) is 3.13. The van der Waals surface area contributed by atoms with Gasteiger partial charge in [0, 0.05) is 17.5 Å². The van der Waals surface area contributed by atoms with Crippen LogP contribution in [0, 0.1) is 0 Å². The highest BCUT2D eigenvalue weighted by Crippen LogP contribution is 2.27. The summed E-state index contributed by atoms with van der Waals surface area (Å²) in [6.45, 7) is 0. The van der Waals surface area contributed by atoms with Crippen LogP contribution in [0.1, 0.15) is 24.1 Å². The highest BCUT2D eigenvalue weighted by atomic mass is 15.3. The molecule has 0 amide bonds.